The summed E-state index contributed by atoms with van der Waals surface area (Å²) in [5.41, 5.74) is 5.32. The van der Waals surface area contributed by atoms with Gasteiger partial charge in [0.25, 0.3) is 0 Å². The van der Waals surface area contributed by atoms with Crippen molar-refractivity contribution in [2.75, 3.05) is 6.61 Å². The predicted octanol–water partition coefficient (Wildman–Crippen LogP) is 2.79. The maximum Gasteiger partial charge on any atom is 0.404 e. The minimum absolute atomic E-state index is 0.0773. The van der Waals surface area contributed by atoms with E-state index >= 15 is 0 Å². The van der Waals surface area contributed by atoms with Crippen LogP contribution in [-0.2, 0) is 4.74 Å². The first-order valence-corrected chi connectivity index (χ1v) is 5.17. The van der Waals surface area contributed by atoms with Crippen LogP contribution in [0.1, 0.15) is 18.4 Å². The Hall–Kier alpha value is -1.10. The van der Waals surface area contributed by atoms with Gasteiger partial charge >= 0.3 is 6.09 Å². The molecule has 1 amide bonds. The van der Waals surface area contributed by atoms with Crippen LogP contribution in [0.15, 0.2) is 22.7 Å². The molecule has 1 rings (SSSR count). The average molecular weight is 276 g/mol. The molecule has 0 spiro atoms. The highest BCUT2D eigenvalue weighted by atomic mass is 79.9. The molecule has 0 heterocycles. The van der Waals surface area contributed by atoms with Crippen molar-refractivity contribution >= 4 is 22.0 Å². The average Bonchev–Trinajstić information content (AvgIpc) is 2.14. The third kappa shape index (κ3) is 3.51. The summed E-state index contributed by atoms with van der Waals surface area (Å²) in [5.74, 6) is -0.546. The van der Waals surface area contributed by atoms with Gasteiger partial charge in [-0.2, -0.15) is 0 Å². The van der Waals surface area contributed by atoms with Gasteiger partial charge in [-0.15, -0.1) is 0 Å². The van der Waals surface area contributed by atoms with Crippen molar-refractivity contribution < 1.29 is 13.9 Å². The standard InChI is InChI=1S/C10H11BrFNO2/c1-6(5-15-10(13)14)8-3-2-7(11)4-9(8)12/h2-4,6H,5H2,1H3,(H2,13,14). The van der Waals surface area contributed by atoms with Gasteiger partial charge in [0.05, 0.1) is 6.61 Å². The van der Waals surface area contributed by atoms with Crippen molar-refractivity contribution in [1.82, 2.24) is 0 Å². The first-order valence-electron chi connectivity index (χ1n) is 4.38. The van der Waals surface area contributed by atoms with E-state index in [1.54, 1.807) is 19.1 Å². The summed E-state index contributed by atoms with van der Waals surface area (Å²) < 4.78 is 18.7. The van der Waals surface area contributed by atoms with E-state index < -0.39 is 6.09 Å². The Bertz CT molecular complexity index is 370. The number of halogens is 2. The quantitative estimate of drug-likeness (QED) is 0.922. The Kier molecular flexibility index (Phi) is 4.08. The van der Waals surface area contributed by atoms with E-state index in [4.69, 9.17) is 5.73 Å². The van der Waals surface area contributed by atoms with E-state index in [-0.39, 0.29) is 18.3 Å². The molecule has 0 saturated carbocycles. The molecule has 1 aromatic carbocycles. The lowest BCUT2D eigenvalue weighted by atomic mass is 10.0. The van der Waals surface area contributed by atoms with Crippen molar-refractivity contribution in [3.05, 3.63) is 34.1 Å². The molecule has 0 aliphatic carbocycles. The van der Waals surface area contributed by atoms with E-state index in [1.165, 1.54) is 6.07 Å². The Morgan fingerprint density at radius 3 is 2.87 bits per heavy atom. The normalized spacial score (nSPS) is 12.2. The monoisotopic (exact) mass is 275 g/mol. The van der Waals surface area contributed by atoms with Gasteiger partial charge in [0, 0.05) is 10.4 Å². The molecule has 5 heteroatoms. The van der Waals surface area contributed by atoms with Crippen molar-refractivity contribution in [1.29, 1.82) is 0 Å². The summed E-state index contributed by atoms with van der Waals surface area (Å²) in [7, 11) is 0. The molecule has 0 saturated heterocycles. The second-order valence-corrected chi connectivity index (χ2v) is 4.11. The second-order valence-electron chi connectivity index (χ2n) is 3.20. The van der Waals surface area contributed by atoms with Crippen LogP contribution in [-0.4, -0.2) is 12.7 Å². The minimum atomic E-state index is -0.848. The predicted molar refractivity (Wildman–Crippen MR) is 58.1 cm³/mol. The van der Waals surface area contributed by atoms with Crippen LogP contribution < -0.4 is 5.73 Å². The maximum absolute atomic E-state index is 13.4. The fraction of sp³-hybridized carbons (Fsp3) is 0.300. The molecule has 0 aliphatic heterocycles. The third-order valence-corrected chi connectivity index (χ3v) is 2.46. The molecule has 2 N–H and O–H groups in total. The Balaban J connectivity index is 2.73. The number of amides is 1. The number of primary amides is 1. The van der Waals surface area contributed by atoms with Crippen molar-refractivity contribution in [3.63, 3.8) is 0 Å². The first-order chi connectivity index (χ1) is 7.00. The van der Waals surface area contributed by atoms with Crippen LogP contribution >= 0.6 is 15.9 Å². The van der Waals surface area contributed by atoms with Crippen LogP contribution in [0.3, 0.4) is 0 Å². The first kappa shape index (κ1) is 12.0. The molecule has 1 aromatic rings. The number of nitrogens with two attached hydrogens (primary N) is 1. The minimum Gasteiger partial charge on any atom is -0.449 e. The summed E-state index contributed by atoms with van der Waals surface area (Å²) in [6.45, 7) is 1.84. The van der Waals surface area contributed by atoms with E-state index in [9.17, 15) is 9.18 Å². The number of carbonyl (C=O) groups excluding carboxylic acids is 1. The van der Waals surface area contributed by atoms with Crippen molar-refractivity contribution in [3.8, 4) is 0 Å². The SMILES string of the molecule is CC(COC(N)=O)c1ccc(Br)cc1F. The molecule has 0 fully saturated rings. The number of benzene rings is 1. The van der Waals surface area contributed by atoms with E-state index in [1.807, 2.05) is 0 Å². The van der Waals surface area contributed by atoms with Gasteiger partial charge in [-0.3, -0.25) is 0 Å². The molecule has 82 valence electrons. The highest BCUT2D eigenvalue weighted by Crippen LogP contribution is 2.22. The van der Waals surface area contributed by atoms with Gasteiger partial charge in [0.2, 0.25) is 0 Å². The zero-order valence-corrected chi connectivity index (χ0v) is 9.75. The Morgan fingerprint density at radius 2 is 2.33 bits per heavy atom. The van der Waals surface area contributed by atoms with Gasteiger partial charge in [-0.05, 0) is 17.7 Å². The summed E-state index contributed by atoms with van der Waals surface area (Å²) in [6.07, 6.45) is -0.848. The zero-order valence-electron chi connectivity index (χ0n) is 8.17. The van der Waals surface area contributed by atoms with Gasteiger partial charge in [0.1, 0.15) is 5.82 Å². The van der Waals surface area contributed by atoms with Crippen LogP contribution in [0.25, 0.3) is 0 Å². The number of carbonyl (C=O) groups is 1. The molecule has 3 nitrogen and oxygen atoms in total. The third-order valence-electron chi connectivity index (χ3n) is 1.97. The van der Waals surface area contributed by atoms with Gasteiger partial charge in [-0.1, -0.05) is 28.9 Å². The smallest absolute Gasteiger partial charge is 0.404 e. The summed E-state index contributed by atoms with van der Waals surface area (Å²) in [5, 5.41) is 0. The Morgan fingerprint density at radius 1 is 1.67 bits per heavy atom. The zero-order chi connectivity index (χ0) is 11.4. The van der Waals surface area contributed by atoms with Crippen molar-refractivity contribution in [2.24, 2.45) is 5.73 Å². The number of hydrogen-bond acceptors (Lipinski definition) is 2. The molecule has 0 bridgehead atoms. The van der Waals surface area contributed by atoms with E-state index in [0.717, 1.165) is 0 Å². The fourth-order valence-electron chi connectivity index (χ4n) is 1.20. The van der Waals surface area contributed by atoms with Gasteiger partial charge in [-0.25, -0.2) is 9.18 Å². The van der Waals surface area contributed by atoms with Crippen LogP contribution in [0, 0.1) is 5.82 Å². The van der Waals surface area contributed by atoms with Crippen LogP contribution in [0.2, 0.25) is 0 Å². The lowest BCUT2D eigenvalue weighted by Crippen LogP contribution is -2.17. The largest absolute Gasteiger partial charge is 0.449 e. The maximum atomic E-state index is 13.4. The van der Waals surface area contributed by atoms with Gasteiger partial charge < -0.3 is 10.5 Å². The molecular weight excluding hydrogens is 265 g/mol. The second kappa shape index (κ2) is 5.11. The molecule has 0 radical (unpaired) electrons. The van der Waals surface area contributed by atoms with Gasteiger partial charge in [0.15, 0.2) is 0 Å². The highest BCUT2D eigenvalue weighted by molar-refractivity contribution is 9.10. The van der Waals surface area contributed by atoms with E-state index in [2.05, 4.69) is 20.7 Å². The number of ether oxygens (including phenoxy) is 1. The molecule has 0 aliphatic rings. The molecule has 15 heavy (non-hydrogen) atoms. The molecule has 0 aromatic heterocycles. The topological polar surface area (TPSA) is 52.3 Å². The number of hydrogen-bond donors (Lipinski definition) is 1. The van der Waals surface area contributed by atoms with Crippen LogP contribution in [0.5, 0.6) is 0 Å². The van der Waals surface area contributed by atoms with Crippen LogP contribution in [0.4, 0.5) is 9.18 Å². The fourth-order valence-corrected chi connectivity index (χ4v) is 1.53. The highest BCUT2D eigenvalue weighted by Gasteiger charge is 2.12. The summed E-state index contributed by atoms with van der Waals surface area (Å²) in [6, 6.07) is 4.75. The lowest BCUT2D eigenvalue weighted by molar-refractivity contribution is 0.150. The van der Waals surface area contributed by atoms with E-state index in [0.29, 0.717) is 10.0 Å². The Labute approximate surface area is 95.5 Å². The number of rotatable bonds is 3. The molecule has 1 atom stereocenters. The lowest BCUT2D eigenvalue weighted by Gasteiger charge is -2.12. The molecular formula is C10H11BrFNO2. The molecule has 1 unspecified atom stereocenters. The summed E-state index contributed by atoms with van der Waals surface area (Å²) >= 11 is 3.16. The van der Waals surface area contributed by atoms with Crippen molar-refractivity contribution in [2.45, 2.75) is 12.8 Å². The summed E-state index contributed by atoms with van der Waals surface area (Å²) in [4.78, 5) is 10.4.